The monoisotopic (exact) mass is 477 g/mol. The molecule has 0 radical (unpaired) electrons. The fraction of sp³-hybridized carbons (Fsp3) is 0.185. The maximum absolute atomic E-state index is 13.7. The molecule has 3 aromatic carbocycles. The molecule has 1 aliphatic rings. The molecule has 2 heterocycles. The van der Waals surface area contributed by atoms with Gasteiger partial charge in [0.05, 0.1) is 17.5 Å². The molecule has 0 spiro atoms. The number of rotatable bonds is 3. The van der Waals surface area contributed by atoms with Crippen molar-refractivity contribution in [2.45, 2.75) is 18.1 Å². The van der Waals surface area contributed by atoms with E-state index in [1.165, 1.54) is 12.1 Å². The summed E-state index contributed by atoms with van der Waals surface area (Å²) in [5.41, 5.74) is 2.25. The first kappa shape index (κ1) is 22.7. The SMILES string of the molecule is CN1C(=O)c2ccccc2C(C(=O)Nc2ccc(C(F)(F)F)cc2)C1c1cn(C)c2ccccc12. The lowest BCUT2D eigenvalue weighted by molar-refractivity contribution is -0.137. The van der Waals surface area contributed by atoms with Gasteiger partial charge in [-0.3, -0.25) is 9.59 Å². The number of carbonyl (C=O) groups excluding carboxylic acids is 2. The second-order valence-electron chi connectivity index (χ2n) is 8.70. The van der Waals surface area contributed by atoms with Crippen LogP contribution in [0.5, 0.6) is 0 Å². The number of alkyl halides is 3. The Kier molecular flexibility index (Phi) is 5.39. The van der Waals surface area contributed by atoms with E-state index in [4.69, 9.17) is 0 Å². The van der Waals surface area contributed by atoms with Crippen molar-refractivity contribution in [3.8, 4) is 0 Å². The Morgan fingerprint density at radius 1 is 0.886 bits per heavy atom. The molecule has 8 heteroatoms. The van der Waals surface area contributed by atoms with E-state index in [1.807, 2.05) is 42.1 Å². The fourth-order valence-electron chi connectivity index (χ4n) is 4.92. The van der Waals surface area contributed by atoms with E-state index in [1.54, 1.807) is 36.2 Å². The fourth-order valence-corrected chi connectivity index (χ4v) is 4.92. The summed E-state index contributed by atoms with van der Waals surface area (Å²) in [5.74, 6) is -1.38. The topological polar surface area (TPSA) is 54.3 Å². The quantitative estimate of drug-likeness (QED) is 0.409. The van der Waals surface area contributed by atoms with Gasteiger partial charge in [0.1, 0.15) is 0 Å². The minimum atomic E-state index is -4.46. The molecule has 0 saturated carbocycles. The zero-order chi connectivity index (χ0) is 24.9. The Balaban J connectivity index is 1.60. The molecule has 5 rings (SSSR count). The third-order valence-corrected chi connectivity index (χ3v) is 6.59. The number of anilines is 1. The van der Waals surface area contributed by atoms with Gasteiger partial charge in [0.25, 0.3) is 5.91 Å². The van der Waals surface area contributed by atoms with Gasteiger partial charge in [0.2, 0.25) is 5.91 Å². The minimum absolute atomic E-state index is 0.197. The largest absolute Gasteiger partial charge is 0.416 e. The van der Waals surface area contributed by atoms with Crippen molar-refractivity contribution < 1.29 is 22.8 Å². The molecular formula is C27H22F3N3O2. The van der Waals surface area contributed by atoms with Crippen LogP contribution >= 0.6 is 0 Å². The number of fused-ring (bicyclic) bond motifs is 2. The van der Waals surface area contributed by atoms with E-state index >= 15 is 0 Å². The van der Waals surface area contributed by atoms with Gasteiger partial charge in [-0.15, -0.1) is 0 Å². The third kappa shape index (κ3) is 3.84. The van der Waals surface area contributed by atoms with Crippen LogP contribution in [-0.2, 0) is 18.0 Å². The minimum Gasteiger partial charge on any atom is -0.350 e. The summed E-state index contributed by atoms with van der Waals surface area (Å²) < 4.78 is 40.8. The Morgan fingerprint density at radius 2 is 1.54 bits per heavy atom. The first-order valence-corrected chi connectivity index (χ1v) is 11.0. The van der Waals surface area contributed by atoms with Crippen LogP contribution in [0.4, 0.5) is 18.9 Å². The summed E-state index contributed by atoms with van der Waals surface area (Å²) in [7, 11) is 3.57. The van der Waals surface area contributed by atoms with Crippen molar-refractivity contribution in [3.63, 3.8) is 0 Å². The van der Waals surface area contributed by atoms with Gasteiger partial charge < -0.3 is 14.8 Å². The van der Waals surface area contributed by atoms with E-state index in [0.717, 1.165) is 28.6 Å². The predicted molar refractivity (Wildman–Crippen MR) is 127 cm³/mol. The van der Waals surface area contributed by atoms with Gasteiger partial charge in [-0.1, -0.05) is 36.4 Å². The average Bonchev–Trinajstić information content (AvgIpc) is 3.17. The summed E-state index contributed by atoms with van der Waals surface area (Å²) in [5, 5.41) is 3.69. The van der Waals surface area contributed by atoms with Crippen molar-refractivity contribution in [2.24, 2.45) is 7.05 Å². The molecule has 1 aromatic heterocycles. The molecular weight excluding hydrogens is 455 g/mol. The van der Waals surface area contributed by atoms with Gasteiger partial charge in [-0.25, -0.2) is 0 Å². The number of hydrogen-bond donors (Lipinski definition) is 1. The van der Waals surface area contributed by atoms with Crippen LogP contribution in [0.3, 0.4) is 0 Å². The van der Waals surface area contributed by atoms with Crippen molar-refractivity contribution in [2.75, 3.05) is 12.4 Å². The number of nitrogens with one attached hydrogen (secondary N) is 1. The highest BCUT2D eigenvalue weighted by molar-refractivity contribution is 6.05. The normalized spacial score (nSPS) is 18.0. The second kappa shape index (κ2) is 8.30. The summed E-state index contributed by atoms with van der Waals surface area (Å²) in [6.45, 7) is 0. The van der Waals surface area contributed by atoms with E-state index in [-0.39, 0.29) is 11.6 Å². The molecule has 178 valence electrons. The van der Waals surface area contributed by atoms with E-state index in [9.17, 15) is 22.8 Å². The standard InChI is InChI=1S/C27H22F3N3O2/c1-32-15-21(18-7-5-6-10-22(18)32)24-23(19-8-3-4-9-20(19)26(35)33(24)2)25(34)31-17-13-11-16(12-14-17)27(28,29)30/h3-15,23-24H,1-2H3,(H,31,34). The summed E-state index contributed by atoms with van der Waals surface area (Å²) >= 11 is 0. The summed E-state index contributed by atoms with van der Waals surface area (Å²) in [6.07, 6.45) is -2.54. The zero-order valence-electron chi connectivity index (χ0n) is 19.0. The summed E-state index contributed by atoms with van der Waals surface area (Å²) in [6, 6.07) is 18.4. The van der Waals surface area contributed by atoms with Crippen LogP contribution in [0.15, 0.2) is 79.0 Å². The van der Waals surface area contributed by atoms with Crippen LogP contribution in [-0.4, -0.2) is 28.3 Å². The first-order valence-electron chi connectivity index (χ1n) is 11.0. The molecule has 0 aliphatic carbocycles. The summed E-state index contributed by atoms with van der Waals surface area (Å²) in [4.78, 5) is 28.6. The van der Waals surface area contributed by atoms with Crippen LogP contribution in [0.2, 0.25) is 0 Å². The molecule has 2 atom stereocenters. The number of amides is 2. The molecule has 5 nitrogen and oxygen atoms in total. The molecule has 2 amide bonds. The first-order chi connectivity index (χ1) is 16.7. The lowest BCUT2D eigenvalue weighted by Gasteiger charge is -2.39. The molecule has 0 bridgehead atoms. The Hall–Kier alpha value is -4.07. The number of carbonyl (C=O) groups is 2. The maximum atomic E-state index is 13.7. The number of hydrogen-bond acceptors (Lipinski definition) is 2. The molecule has 35 heavy (non-hydrogen) atoms. The smallest absolute Gasteiger partial charge is 0.350 e. The zero-order valence-corrected chi connectivity index (χ0v) is 19.0. The van der Waals surface area contributed by atoms with E-state index < -0.39 is 29.6 Å². The number of halogens is 3. The molecule has 0 saturated heterocycles. The second-order valence-corrected chi connectivity index (χ2v) is 8.70. The number of benzene rings is 3. The maximum Gasteiger partial charge on any atom is 0.416 e. The lowest BCUT2D eigenvalue weighted by Crippen LogP contribution is -2.44. The number of para-hydroxylation sites is 1. The Bertz CT molecular complexity index is 1440. The van der Waals surface area contributed by atoms with Crippen molar-refractivity contribution in [1.29, 1.82) is 0 Å². The highest BCUT2D eigenvalue weighted by Crippen LogP contribution is 2.45. The Labute approximate surface area is 199 Å². The van der Waals surface area contributed by atoms with E-state index in [2.05, 4.69) is 5.32 Å². The van der Waals surface area contributed by atoms with Gasteiger partial charge in [0, 0.05) is 48.0 Å². The lowest BCUT2D eigenvalue weighted by atomic mass is 9.79. The number of aryl methyl sites for hydroxylation is 1. The highest BCUT2D eigenvalue weighted by atomic mass is 19.4. The van der Waals surface area contributed by atoms with Crippen LogP contribution in [0.1, 0.15) is 39.0 Å². The number of nitrogens with zero attached hydrogens (tertiary/aromatic N) is 2. The van der Waals surface area contributed by atoms with Crippen molar-refractivity contribution in [3.05, 3.63) is 101 Å². The van der Waals surface area contributed by atoms with Gasteiger partial charge in [-0.2, -0.15) is 13.2 Å². The highest BCUT2D eigenvalue weighted by Gasteiger charge is 2.43. The molecule has 4 aromatic rings. The van der Waals surface area contributed by atoms with E-state index in [0.29, 0.717) is 11.1 Å². The predicted octanol–water partition coefficient (Wildman–Crippen LogP) is 5.75. The average molecular weight is 477 g/mol. The molecule has 0 fully saturated rings. The van der Waals surface area contributed by atoms with Gasteiger partial charge >= 0.3 is 6.18 Å². The third-order valence-electron chi connectivity index (χ3n) is 6.59. The molecule has 1 aliphatic heterocycles. The number of aromatic nitrogens is 1. The molecule has 2 unspecified atom stereocenters. The van der Waals surface area contributed by atoms with Crippen LogP contribution in [0.25, 0.3) is 10.9 Å². The van der Waals surface area contributed by atoms with Crippen LogP contribution in [0, 0.1) is 0 Å². The van der Waals surface area contributed by atoms with Crippen molar-refractivity contribution >= 4 is 28.4 Å². The molecule has 1 N–H and O–H groups in total. The van der Waals surface area contributed by atoms with Gasteiger partial charge in [-0.05, 0) is 42.0 Å². The van der Waals surface area contributed by atoms with Gasteiger partial charge in [0.15, 0.2) is 0 Å². The van der Waals surface area contributed by atoms with Crippen LogP contribution < -0.4 is 5.32 Å². The number of likely N-dealkylation sites (N-methyl/N-ethyl adjacent to an activating group) is 1. The Morgan fingerprint density at radius 3 is 2.26 bits per heavy atom. The van der Waals surface area contributed by atoms with Crippen molar-refractivity contribution in [1.82, 2.24) is 9.47 Å².